The Bertz CT molecular complexity index is 1050. The zero-order chi connectivity index (χ0) is 18.5. The van der Waals surface area contributed by atoms with Gasteiger partial charge in [-0.25, -0.2) is 0 Å². The zero-order valence-corrected chi connectivity index (χ0v) is 15.8. The van der Waals surface area contributed by atoms with Gasteiger partial charge in [0.2, 0.25) is 11.0 Å². The minimum absolute atomic E-state index is 0.272. The van der Waals surface area contributed by atoms with Gasteiger partial charge in [0, 0.05) is 17.2 Å². The lowest BCUT2D eigenvalue weighted by molar-refractivity contribution is -0.111. The van der Waals surface area contributed by atoms with Crippen LogP contribution in [0.4, 0.5) is 5.13 Å². The molecule has 0 saturated carbocycles. The highest BCUT2D eigenvalue weighted by molar-refractivity contribution is 8.00. The highest BCUT2D eigenvalue weighted by Crippen LogP contribution is 2.28. The summed E-state index contributed by atoms with van der Waals surface area (Å²) < 4.78 is 6.47. The first-order valence-corrected chi connectivity index (χ1v) is 10.0. The Morgan fingerprint density at radius 3 is 2.78 bits per heavy atom. The molecule has 0 aliphatic heterocycles. The van der Waals surface area contributed by atoms with E-state index in [1.165, 1.54) is 23.0 Å². The van der Waals surface area contributed by atoms with E-state index in [1.807, 2.05) is 48.5 Å². The van der Waals surface area contributed by atoms with Gasteiger partial charge in [-0.1, -0.05) is 71.6 Å². The molecule has 4 aromatic rings. The van der Waals surface area contributed by atoms with E-state index in [9.17, 15) is 4.79 Å². The third-order valence-corrected chi connectivity index (χ3v) is 5.73. The van der Waals surface area contributed by atoms with Crippen molar-refractivity contribution in [3.63, 3.8) is 0 Å². The number of aromatic nitrogens is 2. The summed E-state index contributed by atoms with van der Waals surface area (Å²) in [6, 6.07) is 19.8. The van der Waals surface area contributed by atoms with E-state index in [2.05, 4.69) is 27.6 Å². The van der Waals surface area contributed by atoms with E-state index in [1.54, 1.807) is 17.8 Å². The summed E-state index contributed by atoms with van der Waals surface area (Å²) in [6.07, 6.45) is 3.07. The van der Waals surface area contributed by atoms with Gasteiger partial charge in [-0.15, -0.1) is 10.2 Å². The first-order valence-electron chi connectivity index (χ1n) is 8.24. The van der Waals surface area contributed by atoms with Crippen molar-refractivity contribution in [1.82, 2.24) is 10.2 Å². The number of rotatable bonds is 6. The third kappa shape index (κ3) is 4.64. The SMILES string of the molecule is O=C(/C=C/c1cc2ccccc2o1)Nc1nnc(SCc2ccccc2)s1. The van der Waals surface area contributed by atoms with Gasteiger partial charge in [0.05, 0.1) is 0 Å². The van der Waals surface area contributed by atoms with Crippen LogP contribution in [-0.2, 0) is 10.5 Å². The van der Waals surface area contributed by atoms with Crippen LogP contribution in [0.2, 0.25) is 0 Å². The molecule has 0 atom stereocenters. The first-order chi connectivity index (χ1) is 13.3. The molecule has 0 spiro atoms. The molecule has 0 bridgehead atoms. The fourth-order valence-corrected chi connectivity index (χ4v) is 4.14. The van der Waals surface area contributed by atoms with Crippen molar-refractivity contribution >= 4 is 51.2 Å². The fraction of sp³-hybridized carbons (Fsp3) is 0.0500. The molecule has 5 nitrogen and oxygen atoms in total. The van der Waals surface area contributed by atoms with Gasteiger partial charge >= 0.3 is 0 Å². The number of benzene rings is 2. The van der Waals surface area contributed by atoms with Crippen LogP contribution in [0.15, 0.2) is 75.5 Å². The van der Waals surface area contributed by atoms with Crippen molar-refractivity contribution in [2.75, 3.05) is 5.32 Å². The minimum atomic E-state index is -0.272. The fourth-order valence-electron chi connectivity index (χ4n) is 2.43. The summed E-state index contributed by atoms with van der Waals surface area (Å²) in [5, 5.41) is 12.3. The second-order valence-electron chi connectivity index (χ2n) is 5.66. The predicted octanol–water partition coefficient (Wildman–Crippen LogP) is 5.23. The van der Waals surface area contributed by atoms with E-state index < -0.39 is 0 Å². The quantitative estimate of drug-likeness (QED) is 0.276. The number of fused-ring (bicyclic) bond motifs is 1. The lowest BCUT2D eigenvalue weighted by atomic mass is 10.2. The molecule has 0 saturated heterocycles. The molecule has 0 radical (unpaired) electrons. The molecule has 1 amide bonds. The van der Waals surface area contributed by atoms with Crippen LogP contribution in [0.1, 0.15) is 11.3 Å². The number of carbonyl (C=O) groups is 1. The van der Waals surface area contributed by atoms with Gasteiger partial charge in [-0.05, 0) is 23.8 Å². The predicted molar refractivity (Wildman–Crippen MR) is 110 cm³/mol. The van der Waals surface area contributed by atoms with Crippen LogP contribution < -0.4 is 5.32 Å². The molecule has 4 rings (SSSR count). The molecule has 0 unspecified atom stereocenters. The summed E-state index contributed by atoms with van der Waals surface area (Å²) in [4.78, 5) is 12.1. The Morgan fingerprint density at radius 1 is 1.11 bits per heavy atom. The third-order valence-electron chi connectivity index (χ3n) is 3.69. The lowest BCUT2D eigenvalue weighted by Gasteiger charge is -1.97. The summed E-state index contributed by atoms with van der Waals surface area (Å²) in [6.45, 7) is 0. The molecule has 7 heteroatoms. The Hall–Kier alpha value is -2.90. The van der Waals surface area contributed by atoms with Gasteiger partial charge < -0.3 is 4.42 Å². The largest absolute Gasteiger partial charge is 0.457 e. The van der Waals surface area contributed by atoms with Gasteiger partial charge in [0.1, 0.15) is 11.3 Å². The maximum atomic E-state index is 12.1. The van der Waals surface area contributed by atoms with Crippen LogP contribution in [0.5, 0.6) is 0 Å². The van der Waals surface area contributed by atoms with E-state index in [-0.39, 0.29) is 5.91 Å². The van der Waals surface area contributed by atoms with Crippen molar-refractivity contribution in [2.45, 2.75) is 10.1 Å². The number of hydrogen-bond acceptors (Lipinski definition) is 6. The number of amides is 1. The van der Waals surface area contributed by atoms with Crippen molar-refractivity contribution in [2.24, 2.45) is 0 Å². The maximum Gasteiger partial charge on any atom is 0.250 e. The number of thioether (sulfide) groups is 1. The lowest BCUT2D eigenvalue weighted by Crippen LogP contribution is -2.07. The summed E-state index contributed by atoms with van der Waals surface area (Å²) in [7, 11) is 0. The Labute approximate surface area is 164 Å². The highest BCUT2D eigenvalue weighted by atomic mass is 32.2. The number of nitrogens with one attached hydrogen (secondary N) is 1. The maximum absolute atomic E-state index is 12.1. The average molecular weight is 393 g/mol. The number of furan rings is 1. The van der Waals surface area contributed by atoms with Gasteiger partial charge in [-0.2, -0.15) is 0 Å². The van der Waals surface area contributed by atoms with E-state index in [0.29, 0.717) is 10.9 Å². The average Bonchev–Trinajstić information content (AvgIpc) is 3.32. The normalized spacial score (nSPS) is 11.3. The van der Waals surface area contributed by atoms with Crippen LogP contribution in [0.3, 0.4) is 0 Å². The van der Waals surface area contributed by atoms with Crippen molar-refractivity contribution in [3.8, 4) is 0 Å². The zero-order valence-electron chi connectivity index (χ0n) is 14.2. The molecular formula is C20H15N3O2S2. The molecule has 0 fully saturated rings. The molecular weight excluding hydrogens is 378 g/mol. The summed E-state index contributed by atoms with van der Waals surface area (Å²) in [5.41, 5.74) is 2.01. The molecule has 134 valence electrons. The van der Waals surface area contributed by atoms with Crippen molar-refractivity contribution in [1.29, 1.82) is 0 Å². The van der Waals surface area contributed by atoms with Crippen LogP contribution in [0.25, 0.3) is 17.0 Å². The molecule has 2 aromatic carbocycles. The Morgan fingerprint density at radius 2 is 1.93 bits per heavy atom. The topological polar surface area (TPSA) is 68.0 Å². The first kappa shape index (κ1) is 17.5. The number of nitrogens with zero attached hydrogens (tertiary/aromatic N) is 2. The molecule has 2 heterocycles. The van der Waals surface area contributed by atoms with Gasteiger partial charge in [-0.3, -0.25) is 10.1 Å². The van der Waals surface area contributed by atoms with E-state index in [4.69, 9.17) is 4.42 Å². The highest BCUT2D eigenvalue weighted by Gasteiger charge is 2.07. The molecule has 0 aliphatic rings. The molecule has 27 heavy (non-hydrogen) atoms. The van der Waals surface area contributed by atoms with Crippen LogP contribution in [0, 0.1) is 0 Å². The summed E-state index contributed by atoms with van der Waals surface area (Å²) in [5.74, 6) is 1.17. The number of para-hydroxylation sites is 1. The number of hydrogen-bond donors (Lipinski definition) is 1. The van der Waals surface area contributed by atoms with Crippen molar-refractivity contribution < 1.29 is 9.21 Å². The Balaban J connectivity index is 1.33. The smallest absolute Gasteiger partial charge is 0.250 e. The molecule has 2 aromatic heterocycles. The second kappa shape index (κ2) is 8.20. The van der Waals surface area contributed by atoms with Gasteiger partial charge in [0.15, 0.2) is 4.34 Å². The second-order valence-corrected chi connectivity index (χ2v) is 7.86. The molecule has 1 N–H and O–H groups in total. The number of anilines is 1. The van der Waals surface area contributed by atoms with E-state index >= 15 is 0 Å². The monoisotopic (exact) mass is 393 g/mol. The van der Waals surface area contributed by atoms with Crippen molar-refractivity contribution in [3.05, 3.63) is 78.1 Å². The number of carbonyl (C=O) groups excluding carboxylic acids is 1. The minimum Gasteiger partial charge on any atom is -0.457 e. The standard InChI is InChI=1S/C20H15N3O2S2/c24-18(11-10-16-12-15-8-4-5-9-17(15)25-16)21-19-22-23-20(27-19)26-13-14-6-2-1-3-7-14/h1-12H,13H2,(H,21,22,24)/b11-10+. The van der Waals surface area contributed by atoms with Crippen LogP contribution >= 0.6 is 23.1 Å². The van der Waals surface area contributed by atoms with Crippen LogP contribution in [-0.4, -0.2) is 16.1 Å². The Kier molecular flexibility index (Phi) is 5.32. The molecule has 0 aliphatic carbocycles. The van der Waals surface area contributed by atoms with Gasteiger partial charge in [0.25, 0.3) is 0 Å². The van der Waals surface area contributed by atoms with E-state index in [0.717, 1.165) is 21.1 Å². The summed E-state index contributed by atoms with van der Waals surface area (Å²) >= 11 is 2.95.